The van der Waals surface area contributed by atoms with Gasteiger partial charge < -0.3 is 15.0 Å². The normalized spacial score (nSPS) is 11.8. The van der Waals surface area contributed by atoms with Crippen LogP contribution in [0.25, 0.3) is 0 Å². The Labute approximate surface area is 244 Å². The van der Waals surface area contributed by atoms with Crippen molar-refractivity contribution in [2.24, 2.45) is 0 Å². The highest BCUT2D eigenvalue weighted by Gasteiger charge is 2.34. The van der Waals surface area contributed by atoms with Gasteiger partial charge in [-0.2, -0.15) is 0 Å². The SMILES string of the molecule is CCCNC(=O)[C@H](Cc1ccccc1)N(Cc1ccccc1F)C(=O)CN(c1cc([N+](=O)[O-])ccc1OC)S(C)(=O)=O. The summed E-state index contributed by atoms with van der Waals surface area (Å²) in [5, 5.41) is 14.2. The minimum absolute atomic E-state index is 0.0268. The summed E-state index contributed by atoms with van der Waals surface area (Å²) in [5.74, 6) is -1.96. The van der Waals surface area contributed by atoms with Crippen LogP contribution in [0.4, 0.5) is 15.8 Å². The molecule has 0 unspecified atom stereocenters. The lowest BCUT2D eigenvalue weighted by molar-refractivity contribution is -0.384. The van der Waals surface area contributed by atoms with E-state index in [1.54, 1.807) is 36.4 Å². The summed E-state index contributed by atoms with van der Waals surface area (Å²) >= 11 is 0. The average Bonchev–Trinajstić information content (AvgIpc) is 2.96. The number of hydrogen-bond donors (Lipinski definition) is 1. The standard InChI is InChI=1S/C29H33FN4O7S/c1-4-16-31-29(36)26(17-21-10-6-5-7-11-21)32(19-22-12-8-9-13-24(22)30)28(35)20-33(42(3,39)40)25-18-23(34(37)38)14-15-27(25)41-2/h5-15,18,26H,4,16-17,19-20H2,1-3H3,(H,31,36)/t26-/m0/s1. The first-order valence-corrected chi connectivity index (χ1v) is 15.0. The van der Waals surface area contributed by atoms with Gasteiger partial charge in [0, 0.05) is 37.2 Å². The summed E-state index contributed by atoms with van der Waals surface area (Å²) in [6, 6.07) is 16.9. The van der Waals surface area contributed by atoms with Crippen LogP contribution in [-0.2, 0) is 32.6 Å². The van der Waals surface area contributed by atoms with Gasteiger partial charge in [-0.05, 0) is 24.1 Å². The van der Waals surface area contributed by atoms with Gasteiger partial charge in [-0.15, -0.1) is 0 Å². The number of methoxy groups -OCH3 is 1. The predicted molar refractivity (Wildman–Crippen MR) is 156 cm³/mol. The molecule has 0 bridgehead atoms. The molecule has 0 saturated carbocycles. The van der Waals surface area contributed by atoms with E-state index in [9.17, 15) is 32.5 Å². The van der Waals surface area contributed by atoms with E-state index < -0.39 is 50.9 Å². The van der Waals surface area contributed by atoms with E-state index in [-0.39, 0.29) is 30.0 Å². The van der Waals surface area contributed by atoms with Crippen molar-refractivity contribution in [1.29, 1.82) is 0 Å². The number of benzene rings is 3. The van der Waals surface area contributed by atoms with Gasteiger partial charge in [0.2, 0.25) is 21.8 Å². The zero-order chi connectivity index (χ0) is 30.9. The highest BCUT2D eigenvalue weighted by molar-refractivity contribution is 7.92. The van der Waals surface area contributed by atoms with Gasteiger partial charge in [0.05, 0.1) is 18.3 Å². The van der Waals surface area contributed by atoms with Crippen molar-refractivity contribution in [1.82, 2.24) is 10.2 Å². The van der Waals surface area contributed by atoms with E-state index in [4.69, 9.17) is 4.74 Å². The monoisotopic (exact) mass is 600 g/mol. The molecule has 11 nitrogen and oxygen atoms in total. The molecule has 2 amide bonds. The topological polar surface area (TPSA) is 139 Å². The number of ether oxygens (including phenoxy) is 1. The number of amides is 2. The Morgan fingerprint density at radius 2 is 1.74 bits per heavy atom. The number of nitro groups is 1. The molecule has 3 aromatic rings. The number of anilines is 1. The third kappa shape index (κ3) is 8.26. The first-order valence-electron chi connectivity index (χ1n) is 13.1. The number of carbonyl (C=O) groups excluding carboxylic acids is 2. The van der Waals surface area contributed by atoms with Crippen molar-refractivity contribution >= 4 is 33.2 Å². The van der Waals surface area contributed by atoms with Crippen LogP contribution in [0.5, 0.6) is 5.75 Å². The van der Waals surface area contributed by atoms with Crippen LogP contribution < -0.4 is 14.4 Å². The predicted octanol–water partition coefficient (Wildman–Crippen LogP) is 3.67. The fraction of sp³-hybridized carbons (Fsp3) is 0.310. The molecule has 1 N–H and O–H groups in total. The molecule has 3 aromatic carbocycles. The second kappa shape index (κ2) is 14.4. The third-order valence-corrected chi connectivity index (χ3v) is 7.57. The highest BCUT2D eigenvalue weighted by atomic mass is 32.2. The Bertz CT molecular complexity index is 1520. The highest BCUT2D eigenvalue weighted by Crippen LogP contribution is 2.34. The summed E-state index contributed by atoms with van der Waals surface area (Å²) in [6.07, 6.45) is 1.53. The molecule has 0 spiro atoms. The summed E-state index contributed by atoms with van der Waals surface area (Å²) in [6.45, 7) is 1.01. The molecular weight excluding hydrogens is 567 g/mol. The molecule has 0 aliphatic rings. The van der Waals surface area contributed by atoms with Gasteiger partial charge >= 0.3 is 0 Å². The fourth-order valence-corrected chi connectivity index (χ4v) is 5.16. The van der Waals surface area contributed by atoms with Crippen LogP contribution in [-0.4, -0.2) is 62.6 Å². The number of hydrogen-bond acceptors (Lipinski definition) is 7. The number of carbonyl (C=O) groups is 2. The number of nitrogens with one attached hydrogen (secondary N) is 1. The Morgan fingerprint density at radius 1 is 1.07 bits per heavy atom. The van der Waals surface area contributed by atoms with Gasteiger partial charge in [-0.3, -0.25) is 24.0 Å². The average molecular weight is 601 g/mol. The lowest BCUT2D eigenvalue weighted by Gasteiger charge is -2.33. The molecule has 0 aliphatic carbocycles. The molecule has 3 rings (SSSR count). The van der Waals surface area contributed by atoms with Crippen molar-refractivity contribution in [2.45, 2.75) is 32.4 Å². The molecule has 42 heavy (non-hydrogen) atoms. The summed E-state index contributed by atoms with van der Waals surface area (Å²) in [4.78, 5) is 39.4. The number of nitro benzene ring substituents is 1. The Morgan fingerprint density at radius 3 is 2.33 bits per heavy atom. The zero-order valence-corrected chi connectivity index (χ0v) is 24.3. The molecule has 0 aliphatic heterocycles. The Hall–Kier alpha value is -4.52. The third-order valence-electron chi connectivity index (χ3n) is 6.44. The van der Waals surface area contributed by atoms with E-state index in [0.29, 0.717) is 17.3 Å². The second-order valence-electron chi connectivity index (χ2n) is 9.49. The maximum absolute atomic E-state index is 14.8. The first-order chi connectivity index (χ1) is 20.0. The number of rotatable bonds is 14. The molecule has 0 heterocycles. The van der Waals surface area contributed by atoms with Gasteiger partial charge in [0.15, 0.2) is 0 Å². The molecule has 224 valence electrons. The lowest BCUT2D eigenvalue weighted by atomic mass is 10.0. The number of sulfonamides is 1. The fourth-order valence-electron chi connectivity index (χ4n) is 4.31. The Balaban J connectivity index is 2.12. The van der Waals surface area contributed by atoms with E-state index in [1.165, 1.54) is 31.4 Å². The van der Waals surface area contributed by atoms with Crippen LogP contribution in [0.3, 0.4) is 0 Å². The number of non-ortho nitro benzene ring substituents is 1. The lowest BCUT2D eigenvalue weighted by Crippen LogP contribution is -2.53. The minimum atomic E-state index is -4.21. The van der Waals surface area contributed by atoms with E-state index in [1.807, 2.05) is 6.92 Å². The zero-order valence-electron chi connectivity index (χ0n) is 23.5. The maximum Gasteiger partial charge on any atom is 0.271 e. The van der Waals surface area contributed by atoms with Gasteiger partial charge in [-0.1, -0.05) is 55.5 Å². The van der Waals surface area contributed by atoms with E-state index in [0.717, 1.165) is 28.9 Å². The Kier molecular flexibility index (Phi) is 11.0. The quantitative estimate of drug-likeness (QED) is 0.220. The van der Waals surface area contributed by atoms with Crippen molar-refractivity contribution in [3.05, 3.63) is 99.9 Å². The molecule has 0 aromatic heterocycles. The van der Waals surface area contributed by atoms with E-state index >= 15 is 0 Å². The van der Waals surface area contributed by atoms with Crippen molar-refractivity contribution in [3.63, 3.8) is 0 Å². The van der Waals surface area contributed by atoms with Crippen LogP contribution >= 0.6 is 0 Å². The van der Waals surface area contributed by atoms with Gasteiger partial charge in [-0.25, -0.2) is 12.8 Å². The second-order valence-corrected chi connectivity index (χ2v) is 11.4. The number of nitrogens with zero attached hydrogens (tertiary/aromatic N) is 3. The van der Waals surface area contributed by atoms with Crippen molar-refractivity contribution in [2.75, 3.05) is 30.8 Å². The van der Waals surface area contributed by atoms with Crippen molar-refractivity contribution in [3.8, 4) is 5.75 Å². The molecule has 0 fully saturated rings. The van der Waals surface area contributed by atoms with Crippen LogP contribution in [0.1, 0.15) is 24.5 Å². The van der Waals surface area contributed by atoms with Crippen LogP contribution in [0.2, 0.25) is 0 Å². The molecule has 13 heteroatoms. The van der Waals surface area contributed by atoms with Gasteiger partial charge in [0.1, 0.15) is 29.8 Å². The summed E-state index contributed by atoms with van der Waals surface area (Å²) < 4.78 is 46.7. The molecular formula is C29H33FN4O7S. The maximum atomic E-state index is 14.8. The van der Waals surface area contributed by atoms with Crippen LogP contribution in [0.15, 0.2) is 72.8 Å². The number of halogens is 1. The molecule has 1 atom stereocenters. The minimum Gasteiger partial charge on any atom is -0.495 e. The molecule has 0 radical (unpaired) electrons. The molecule has 0 saturated heterocycles. The largest absolute Gasteiger partial charge is 0.495 e. The summed E-state index contributed by atoms with van der Waals surface area (Å²) in [7, 11) is -2.96. The smallest absolute Gasteiger partial charge is 0.271 e. The van der Waals surface area contributed by atoms with E-state index in [2.05, 4.69) is 5.32 Å². The van der Waals surface area contributed by atoms with Gasteiger partial charge in [0.25, 0.3) is 5.69 Å². The van der Waals surface area contributed by atoms with Crippen LogP contribution in [0, 0.1) is 15.9 Å². The first kappa shape index (κ1) is 32.0. The van der Waals surface area contributed by atoms with Crippen molar-refractivity contribution < 1.29 is 32.1 Å². The summed E-state index contributed by atoms with van der Waals surface area (Å²) in [5.41, 5.74) is 0.186.